The topological polar surface area (TPSA) is 105 Å². The highest BCUT2D eigenvalue weighted by Gasteiger charge is 2.12. The molecule has 7 nitrogen and oxygen atoms in total. The Kier molecular flexibility index (Phi) is 7.60. The molecule has 32 heavy (non-hydrogen) atoms. The number of non-ortho nitro benzene ring substituents is 1. The van der Waals surface area contributed by atoms with Crippen molar-refractivity contribution < 1.29 is 14.5 Å². The standard InChI is InChI=1S/C23H15BrClN3O4/c24-18-3-10-22(32-14-15-1-8-21(9-2-15)28(30)31)16(12-18)11-17(13-26)23(29)27-20-6-4-19(25)5-7-20/h1-12H,14H2,(H,27,29)/b17-11+. The van der Waals surface area contributed by atoms with Crippen LogP contribution in [0.5, 0.6) is 5.75 Å². The van der Waals surface area contributed by atoms with Gasteiger partial charge in [0.1, 0.15) is 24.0 Å². The van der Waals surface area contributed by atoms with Crippen molar-refractivity contribution >= 4 is 50.9 Å². The summed E-state index contributed by atoms with van der Waals surface area (Å²) in [7, 11) is 0. The molecule has 9 heteroatoms. The zero-order valence-electron chi connectivity index (χ0n) is 16.4. The van der Waals surface area contributed by atoms with Gasteiger partial charge in [-0.25, -0.2) is 0 Å². The van der Waals surface area contributed by atoms with Gasteiger partial charge in [-0.15, -0.1) is 0 Å². The molecule has 1 amide bonds. The number of anilines is 1. The van der Waals surface area contributed by atoms with Gasteiger partial charge in [-0.2, -0.15) is 5.26 Å². The monoisotopic (exact) mass is 511 g/mol. The summed E-state index contributed by atoms with van der Waals surface area (Å²) in [6.45, 7) is 0.152. The first-order valence-corrected chi connectivity index (χ1v) is 10.4. The highest BCUT2D eigenvalue weighted by molar-refractivity contribution is 9.10. The minimum absolute atomic E-state index is 0.00799. The van der Waals surface area contributed by atoms with Crippen LogP contribution in [-0.2, 0) is 11.4 Å². The molecule has 3 rings (SSSR count). The van der Waals surface area contributed by atoms with E-state index in [2.05, 4.69) is 21.2 Å². The predicted octanol–water partition coefficient (Wildman–Crippen LogP) is 6.14. The molecule has 0 radical (unpaired) electrons. The van der Waals surface area contributed by atoms with Crippen LogP contribution in [0.4, 0.5) is 11.4 Å². The van der Waals surface area contributed by atoms with E-state index < -0.39 is 10.8 Å². The lowest BCUT2D eigenvalue weighted by Crippen LogP contribution is -2.13. The number of benzene rings is 3. The van der Waals surface area contributed by atoms with E-state index in [0.29, 0.717) is 22.0 Å². The fraction of sp³-hybridized carbons (Fsp3) is 0.0435. The van der Waals surface area contributed by atoms with Crippen LogP contribution in [0.15, 0.2) is 76.8 Å². The molecular formula is C23H15BrClN3O4. The van der Waals surface area contributed by atoms with Crippen LogP contribution in [0.25, 0.3) is 6.08 Å². The number of carbonyl (C=O) groups excluding carboxylic acids is 1. The fourth-order valence-corrected chi connectivity index (χ4v) is 3.18. The van der Waals surface area contributed by atoms with Gasteiger partial charge in [0, 0.05) is 32.9 Å². The van der Waals surface area contributed by atoms with E-state index in [1.165, 1.54) is 18.2 Å². The van der Waals surface area contributed by atoms with E-state index in [1.54, 1.807) is 54.6 Å². The molecule has 0 unspecified atom stereocenters. The summed E-state index contributed by atoms with van der Waals surface area (Å²) in [5, 5.41) is 23.5. The SMILES string of the molecule is N#C/C(=C\c1cc(Br)ccc1OCc1ccc([N+](=O)[O-])cc1)C(=O)Nc1ccc(Cl)cc1. The van der Waals surface area contributed by atoms with Crippen LogP contribution in [0, 0.1) is 21.4 Å². The first-order chi connectivity index (χ1) is 15.4. The molecule has 0 saturated heterocycles. The van der Waals surface area contributed by atoms with Crippen molar-refractivity contribution in [3.8, 4) is 11.8 Å². The molecule has 0 aliphatic heterocycles. The van der Waals surface area contributed by atoms with Crippen molar-refractivity contribution in [3.05, 3.63) is 103 Å². The van der Waals surface area contributed by atoms with Crippen molar-refractivity contribution in [3.63, 3.8) is 0 Å². The van der Waals surface area contributed by atoms with E-state index in [-0.39, 0.29) is 17.9 Å². The van der Waals surface area contributed by atoms with Crippen molar-refractivity contribution in [2.24, 2.45) is 0 Å². The molecule has 0 heterocycles. The lowest BCUT2D eigenvalue weighted by molar-refractivity contribution is -0.384. The number of hydrogen-bond donors (Lipinski definition) is 1. The number of nitriles is 1. The summed E-state index contributed by atoms with van der Waals surface area (Å²) in [6.07, 6.45) is 1.43. The maximum Gasteiger partial charge on any atom is 0.269 e. The van der Waals surface area contributed by atoms with Gasteiger partial charge >= 0.3 is 0 Å². The Morgan fingerprint density at radius 3 is 2.47 bits per heavy atom. The molecule has 1 N–H and O–H groups in total. The molecule has 0 aliphatic rings. The van der Waals surface area contributed by atoms with E-state index in [9.17, 15) is 20.2 Å². The molecule has 0 aliphatic carbocycles. The van der Waals surface area contributed by atoms with Crippen molar-refractivity contribution in [1.29, 1.82) is 5.26 Å². The summed E-state index contributed by atoms with van der Waals surface area (Å²) in [6, 6.07) is 19.6. The Bertz CT molecular complexity index is 1220. The largest absolute Gasteiger partial charge is 0.488 e. The average molecular weight is 513 g/mol. The number of hydrogen-bond acceptors (Lipinski definition) is 5. The van der Waals surface area contributed by atoms with Gasteiger partial charge in [0.25, 0.3) is 11.6 Å². The fourth-order valence-electron chi connectivity index (χ4n) is 2.67. The summed E-state index contributed by atoms with van der Waals surface area (Å²) in [5.74, 6) is -0.130. The number of nitro benzene ring substituents is 1. The van der Waals surface area contributed by atoms with E-state index in [0.717, 1.165) is 10.0 Å². The predicted molar refractivity (Wildman–Crippen MR) is 125 cm³/mol. The zero-order valence-corrected chi connectivity index (χ0v) is 18.8. The Balaban J connectivity index is 1.79. The van der Waals surface area contributed by atoms with E-state index in [1.807, 2.05) is 6.07 Å². The van der Waals surface area contributed by atoms with Crippen molar-refractivity contribution in [2.75, 3.05) is 5.32 Å². The van der Waals surface area contributed by atoms with Crippen LogP contribution < -0.4 is 10.1 Å². The van der Waals surface area contributed by atoms with Crippen LogP contribution in [0.2, 0.25) is 5.02 Å². The maximum atomic E-state index is 12.6. The molecule has 0 aromatic heterocycles. The molecule has 0 fully saturated rings. The third kappa shape index (κ3) is 6.17. The van der Waals surface area contributed by atoms with E-state index in [4.69, 9.17) is 16.3 Å². The quantitative estimate of drug-likeness (QED) is 0.177. The minimum Gasteiger partial charge on any atom is -0.488 e. The van der Waals surface area contributed by atoms with Crippen LogP contribution in [-0.4, -0.2) is 10.8 Å². The molecule has 3 aromatic carbocycles. The maximum absolute atomic E-state index is 12.6. The highest BCUT2D eigenvalue weighted by Crippen LogP contribution is 2.27. The van der Waals surface area contributed by atoms with Crippen molar-refractivity contribution in [1.82, 2.24) is 0 Å². The molecule has 160 valence electrons. The summed E-state index contributed by atoms with van der Waals surface area (Å²) in [5.41, 5.74) is 1.63. The van der Waals surface area contributed by atoms with Gasteiger partial charge in [0.05, 0.1) is 4.92 Å². The number of halogens is 2. The van der Waals surface area contributed by atoms with Gasteiger partial charge in [0.2, 0.25) is 0 Å². The van der Waals surface area contributed by atoms with Crippen LogP contribution >= 0.6 is 27.5 Å². The third-order valence-electron chi connectivity index (χ3n) is 4.28. The number of ether oxygens (including phenoxy) is 1. The number of carbonyl (C=O) groups is 1. The van der Waals surface area contributed by atoms with Gasteiger partial charge in [-0.05, 0) is 66.2 Å². The summed E-state index contributed by atoms with van der Waals surface area (Å²) < 4.78 is 6.58. The normalized spacial score (nSPS) is 10.8. The number of nitro groups is 1. The second kappa shape index (κ2) is 10.6. The Morgan fingerprint density at radius 2 is 1.84 bits per heavy atom. The lowest BCUT2D eigenvalue weighted by atomic mass is 10.1. The third-order valence-corrected chi connectivity index (χ3v) is 5.03. The number of nitrogens with zero attached hydrogens (tertiary/aromatic N) is 2. The van der Waals surface area contributed by atoms with E-state index >= 15 is 0 Å². The first-order valence-electron chi connectivity index (χ1n) is 9.20. The zero-order chi connectivity index (χ0) is 23.1. The van der Waals surface area contributed by atoms with Gasteiger partial charge in [-0.3, -0.25) is 14.9 Å². The smallest absolute Gasteiger partial charge is 0.269 e. The van der Waals surface area contributed by atoms with Crippen LogP contribution in [0.3, 0.4) is 0 Å². The summed E-state index contributed by atoms with van der Waals surface area (Å²) in [4.78, 5) is 22.9. The number of amides is 1. The second-order valence-corrected chi connectivity index (χ2v) is 7.88. The summed E-state index contributed by atoms with van der Waals surface area (Å²) >= 11 is 9.23. The first kappa shape index (κ1) is 23.0. The molecule has 0 saturated carbocycles. The molecule has 0 atom stereocenters. The van der Waals surface area contributed by atoms with Gasteiger partial charge < -0.3 is 10.1 Å². The van der Waals surface area contributed by atoms with Gasteiger partial charge in [0.15, 0.2) is 0 Å². The lowest BCUT2D eigenvalue weighted by Gasteiger charge is -2.11. The molecule has 3 aromatic rings. The Morgan fingerprint density at radius 1 is 1.16 bits per heavy atom. The Labute approximate surface area is 197 Å². The number of nitrogens with one attached hydrogen (secondary N) is 1. The molecule has 0 bridgehead atoms. The van der Waals surface area contributed by atoms with Crippen LogP contribution in [0.1, 0.15) is 11.1 Å². The van der Waals surface area contributed by atoms with Gasteiger partial charge in [-0.1, -0.05) is 27.5 Å². The molecular weight excluding hydrogens is 498 g/mol. The molecule has 0 spiro atoms. The van der Waals surface area contributed by atoms with Crippen molar-refractivity contribution in [2.45, 2.75) is 6.61 Å². The highest BCUT2D eigenvalue weighted by atomic mass is 79.9. The number of rotatable bonds is 7. The average Bonchev–Trinajstić information content (AvgIpc) is 2.78. The minimum atomic E-state index is -0.573. The second-order valence-electron chi connectivity index (χ2n) is 6.53. The Hall–Kier alpha value is -3.67.